The summed E-state index contributed by atoms with van der Waals surface area (Å²) in [5.41, 5.74) is 2.28. The van der Waals surface area contributed by atoms with E-state index < -0.39 is 8.41 Å². The summed E-state index contributed by atoms with van der Waals surface area (Å²) in [7, 11) is -0.833. The smallest absolute Gasteiger partial charge is 0.292 e. The maximum atomic E-state index is 11.6. The number of ether oxygens (including phenoxy) is 1. The first-order valence-corrected chi connectivity index (χ1v) is 13.0. The summed E-state index contributed by atoms with van der Waals surface area (Å²) in [6.45, 7) is 2.94. The van der Waals surface area contributed by atoms with Crippen molar-refractivity contribution in [3.05, 3.63) is 0 Å². The molecule has 0 spiro atoms. The van der Waals surface area contributed by atoms with Crippen LogP contribution in [0.25, 0.3) is 0 Å². The maximum absolute atomic E-state index is 11.6. The fourth-order valence-electron chi connectivity index (χ4n) is 3.38. The van der Waals surface area contributed by atoms with E-state index >= 15 is 0 Å². The largest absolute Gasteiger partial charge is 0.467 e. The lowest BCUT2D eigenvalue weighted by molar-refractivity contribution is 0.169. The van der Waals surface area contributed by atoms with Crippen LogP contribution in [0.15, 0.2) is 0 Å². The Morgan fingerprint density at radius 1 is 0.760 bits per heavy atom. The van der Waals surface area contributed by atoms with Crippen molar-refractivity contribution < 1.29 is 9.53 Å². The number of hydrogen-bond acceptors (Lipinski definition) is 2. The number of carbonyl (C=O) groups is 1. The van der Waals surface area contributed by atoms with Crippen LogP contribution < -0.4 is 0 Å². The third-order valence-electron chi connectivity index (χ3n) is 5.30. The molecule has 1 aliphatic heterocycles. The van der Waals surface area contributed by atoms with Gasteiger partial charge in [0.25, 0.3) is 5.59 Å². The molecule has 0 aromatic heterocycles. The van der Waals surface area contributed by atoms with Crippen LogP contribution in [0.4, 0.5) is 4.79 Å². The maximum Gasteiger partial charge on any atom is 0.292 e. The Morgan fingerprint density at radius 3 is 1.52 bits per heavy atom. The highest BCUT2D eigenvalue weighted by Crippen LogP contribution is 2.13. The second kappa shape index (κ2) is 17.0. The van der Waals surface area contributed by atoms with Crippen LogP contribution in [0.3, 0.4) is 0 Å². The van der Waals surface area contributed by atoms with Gasteiger partial charge in [-0.3, -0.25) is 4.79 Å². The predicted molar refractivity (Wildman–Crippen MR) is 112 cm³/mol. The van der Waals surface area contributed by atoms with Gasteiger partial charge in [-0.2, -0.15) is 0 Å². The molecule has 0 fully saturated rings. The van der Waals surface area contributed by atoms with Crippen LogP contribution >= 0.6 is 0 Å². The summed E-state index contributed by atoms with van der Waals surface area (Å²) in [5, 5.41) is 0. The van der Waals surface area contributed by atoms with Crippen LogP contribution in [0, 0.1) is 0 Å². The fraction of sp³-hybridized carbons (Fsp3) is 0.909. The van der Waals surface area contributed by atoms with E-state index in [0.717, 1.165) is 18.9 Å². The summed E-state index contributed by atoms with van der Waals surface area (Å²) in [6, 6.07) is 1.10. The molecule has 1 aliphatic rings. The predicted octanol–water partition coefficient (Wildman–Crippen LogP) is 7.25. The molecule has 0 unspecified atom stereocenters. The van der Waals surface area contributed by atoms with Gasteiger partial charge >= 0.3 is 0 Å². The summed E-state index contributed by atoms with van der Waals surface area (Å²) < 4.78 is 5.34. The van der Waals surface area contributed by atoms with Crippen molar-refractivity contribution in [2.24, 2.45) is 0 Å². The molecule has 0 amide bonds. The molecule has 3 heteroatoms. The molecule has 0 bridgehead atoms. The van der Waals surface area contributed by atoms with Gasteiger partial charge in [0.1, 0.15) is 8.41 Å². The lowest BCUT2D eigenvalue weighted by Crippen LogP contribution is -2.27. The normalized spacial score (nSPS) is 13.4. The molecule has 146 valence electrons. The van der Waals surface area contributed by atoms with Gasteiger partial charge < -0.3 is 4.74 Å². The minimum Gasteiger partial charge on any atom is -0.467 e. The molecule has 0 aromatic rings. The Bertz CT molecular complexity index is 352. The number of unbranched alkanes of at least 4 members (excludes halogenated alkanes) is 15. The van der Waals surface area contributed by atoms with Gasteiger partial charge in [0.15, 0.2) is 0 Å². The van der Waals surface area contributed by atoms with Crippen LogP contribution in [0.2, 0.25) is 6.04 Å². The lowest BCUT2D eigenvalue weighted by atomic mass is 10.0. The highest BCUT2D eigenvalue weighted by Gasteiger charge is 2.16. The first-order chi connectivity index (χ1) is 12.3. The Balaban J connectivity index is 1.67. The SMILES string of the molecule is CCCCCCCCCCCCCCCCCCOC(=O)[Si]1=CCC1. The Hall–Kier alpha value is -0.443. The number of rotatable bonds is 18. The average molecular weight is 367 g/mol. The summed E-state index contributed by atoms with van der Waals surface area (Å²) >= 11 is 0. The molecule has 1 heterocycles. The van der Waals surface area contributed by atoms with Gasteiger partial charge in [-0.1, -0.05) is 109 Å². The van der Waals surface area contributed by atoms with Gasteiger partial charge in [0.2, 0.25) is 0 Å². The van der Waals surface area contributed by atoms with E-state index in [-0.39, 0.29) is 5.59 Å². The van der Waals surface area contributed by atoms with Gasteiger partial charge in [0.05, 0.1) is 6.61 Å². The third-order valence-corrected chi connectivity index (χ3v) is 7.58. The molecule has 0 saturated carbocycles. The number of carbonyl (C=O) groups excluding carboxylic acids is 1. The van der Waals surface area contributed by atoms with E-state index in [4.69, 9.17) is 4.74 Å². The molecule has 0 aromatic carbocycles. The van der Waals surface area contributed by atoms with Gasteiger partial charge in [0, 0.05) is 0 Å². The summed E-state index contributed by atoms with van der Waals surface area (Å²) in [4.78, 5) is 11.6. The molecule has 0 aliphatic carbocycles. The Labute approximate surface area is 158 Å². The third kappa shape index (κ3) is 13.4. The van der Waals surface area contributed by atoms with Gasteiger partial charge in [-0.15, -0.1) is 0 Å². The molecule has 0 radical (unpaired) electrons. The first kappa shape index (κ1) is 22.6. The highest BCUT2D eigenvalue weighted by molar-refractivity contribution is 6.94. The van der Waals surface area contributed by atoms with E-state index in [1.807, 2.05) is 0 Å². The quantitative estimate of drug-likeness (QED) is 0.189. The van der Waals surface area contributed by atoms with Crippen molar-refractivity contribution in [1.29, 1.82) is 0 Å². The van der Waals surface area contributed by atoms with Gasteiger partial charge in [-0.25, -0.2) is 0 Å². The second-order valence-corrected chi connectivity index (χ2v) is 10.1. The van der Waals surface area contributed by atoms with Crippen LogP contribution in [-0.4, -0.2) is 26.3 Å². The Kier molecular flexibility index (Phi) is 15.4. The van der Waals surface area contributed by atoms with Crippen molar-refractivity contribution in [3.8, 4) is 0 Å². The van der Waals surface area contributed by atoms with E-state index in [1.165, 1.54) is 96.3 Å². The fourth-order valence-corrected chi connectivity index (χ4v) is 4.62. The molecule has 0 atom stereocenters. The molecular formula is C22H42O2Si. The van der Waals surface area contributed by atoms with Crippen LogP contribution in [0.1, 0.15) is 116 Å². The average Bonchev–Trinajstić information content (AvgIpc) is 2.56. The lowest BCUT2D eigenvalue weighted by Gasteiger charge is -2.11. The van der Waals surface area contributed by atoms with Crippen molar-refractivity contribution in [2.45, 2.75) is 122 Å². The van der Waals surface area contributed by atoms with E-state index in [1.54, 1.807) is 0 Å². The minimum absolute atomic E-state index is 0.109. The number of hydrogen-bond donors (Lipinski definition) is 0. The topological polar surface area (TPSA) is 26.3 Å². The van der Waals surface area contributed by atoms with Crippen molar-refractivity contribution >= 4 is 19.7 Å². The van der Waals surface area contributed by atoms with E-state index in [0.29, 0.717) is 6.61 Å². The van der Waals surface area contributed by atoms with Crippen molar-refractivity contribution in [1.82, 2.24) is 0 Å². The minimum atomic E-state index is -0.833. The standard InChI is InChI=1S/C22H42O2Si/c1-2-3-4-5-6-7-8-9-10-11-12-13-14-15-16-17-19-24-22(23)25-20-18-21-25/h20H,2-19,21H2,1H3. The molecule has 2 nitrogen and oxygen atoms in total. The van der Waals surface area contributed by atoms with E-state index in [2.05, 4.69) is 12.6 Å². The molecule has 25 heavy (non-hydrogen) atoms. The monoisotopic (exact) mass is 366 g/mol. The molecule has 1 rings (SSSR count). The summed E-state index contributed by atoms with van der Waals surface area (Å²) in [6.07, 6.45) is 23.2. The zero-order valence-corrected chi connectivity index (χ0v) is 17.8. The van der Waals surface area contributed by atoms with Gasteiger partial charge in [-0.05, 0) is 18.9 Å². The molecular weight excluding hydrogens is 324 g/mol. The Morgan fingerprint density at radius 2 is 1.16 bits per heavy atom. The summed E-state index contributed by atoms with van der Waals surface area (Å²) in [5.74, 6) is 0. The van der Waals surface area contributed by atoms with E-state index in [9.17, 15) is 4.79 Å². The second-order valence-electron chi connectivity index (χ2n) is 7.71. The zero-order valence-electron chi connectivity index (χ0n) is 16.8. The highest BCUT2D eigenvalue weighted by atomic mass is 28.2. The van der Waals surface area contributed by atoms with Crippen LogP contribution in [0.5, 0.6) is 0 Å². The van der Waals surface area contributed by atoms with Crippen molar-refractivity contribution in [2.75, 3.05) is 6.61 Å². The zero-order chi connectivity index (χ0) is 18.0. The van der Waals surface area contributed by atoms with Crippen LogP contribution in [-0.2, 0) is 4.74 Å². The van der Waals surface area contributed by atoms with Crippen molar-refractivity contribution in [3.63, 3.8) is 0 Å². The molecule has 0 saturated heterocycles. The first-order valence-electron chi connectivity index (χ1n) is 11.2. The molecule has 0 N–H and O–H groups in total.